The average Bonchev–Trinajstić information content (AvgIpc) is 2.99. The number of sulfonamides is 1. The fraction of sp³-hybridized carbons (Fsp3) is 0.500. The van der Waals surface area contributed by atoms with Crippen molar-refractivity contribution in [2.45, 2.75) is 42.8 Å². The monoisotopic (exact) mass is 403 g/mol. The number of nitrogens with zero attached hydrogens (tertiary/aromatic N) is 3. The molecule has 148 valence electrons. The summed E-state index contributed by atoms with van der Waals surface area (Å²) in [6.45, 7) is 1.80. The molecule has 0 unspecified atom stereocenters. The zero-order valence-electron chi connectivity index (χ0n) is 14.7. The SMILES string of the molecule is C[C@H]1C[C@](c2ccc(C(F)(F)F)cc2)(S(N)(=O)=O)C[C@@H](c2cn(C)nn2)N1. The molecule has 1 aliphatic heterocycles. The normalized spacial score (nSPS) is 26.9. The van der Waals surface area contributed by atoms with Gasteiger partial charge in [0.05, 0.1) is 17.3 Å². The van der Waals surface area contributed by atoms with E-state index < -0.39 is 32.6 Å². The number of alkyl halides is 3. The molecule has 2 heterocycles. The van der Waals surface area contributed by atoms with Crippen LogP contribution in [0.2, 0.25) is 0 Å². The number of halogens is 3. The van der Waals surface area contributed by atoms with Crippen LogP contribution in [0.25, 0.3) is 0 Å². The second-order valence-electron chi connectivity index (χ2n) is 6.96. The van der Waals surface area contributed by atoms with Crippen molar-refractivity contribution in [3.8, 4) is 0 Å². The van der Waals surface area contributed by atoms with Crippen LogP contribution in [0.15, 0.2) is 30.5 Å². The van der Waals surface area contributed by atoms with E-state index in [4.69, 9.17) is 5.14 Å². The molecule has 1 fully saturated rings. The van der Waals surface area contributed by atoms with E-state index in [1.54, 1.807) is 20.2 Å². The van der Waals surface area contributed by atoms with Crippen LogP contribution in [-0.4, -0.2) is 29.5 Å². The van der Waals surface area contributed by atoms with Gasteiger partial charge in [-0.1, -0.05) is 17.3 Å². The Kier molecular flexibility index (Phi) is 4.81. The standard InChI is InChI=1S/C16H20F3N5O2S/c1-10-7-15(27(20,25)26,8-13(21-10)14-9-24(2)23-22-14)11-3-5-12(6-4-11)16(17,18)19/h3-6,9-10,13,21H,7-8H2,1-2H3,(H2,20,25,26)/t10-,13-,15-/m0/s1. The van der Waals surface area contributed by atoms with Gasteiger partial charge in [-0.15, -0.1) is 5.10 Å². The van der Waals surface area contributed by atoms with Gasteiger partial charge in [-0.05, 0) is 37.5 Å². The third-order valence-corrected chi connectivity index (χ3v) is 6.57. The van der Waals surface area contributed by atoms with E-state index in [0.29, 0.717) is 5.69 Å². The van der Waals surface area contributed by atoms with Gasteiger partial charge in [0.15, 0.2) is 0 Å². The molecule has 2 aromatic rings. The van der Waals surface area contributed by atoms with Gasteiger partial charge in [-0.25, -0.2) is 13.6 Å². The van der Waals surface area contributed by atoms with Gasteiger partial charge in [0.1, 0.15) is 4.75 Å². The summed E-state index contributed by atoms with van der Waals surface area (Å²) in [5, 5.41) is 16.7. The Bertz CT molecular complexity index is 926. The number of nitrogens with two attached hydrogens (primary N) is 1. The van der Waals surface area contributed by atoms with Gasteiger partial charge in [0.25, 0.3) is 0 Å². The minimum Gasteiger partial charge on any atom is -0.306 e. The molecule has 1 aliphatic rings. The number of rotatable bonds is 3. The van der Waals surface area contributed by atoms with Crippen molar-refractivity contribution >= 4 is 10.0 Å². The van der Waals surface area contributed by atoms with E-state index in [1.165, 1.54) is 16.8 Å². The lowest BCUT2D eigenvalue weighted by Crippen LogP contribution is -2.52. The first-order valence-corrected chi connectivity index (χ1v) is 9.79. The lowest BCUT2D eigenvalue weighted by molar-refractivity contribution is -0.137. The molecule has 3 atom stereocenters. The van der Waals surface area contributed by atoms with E-state index in [0.717, 1.165) is 12.1 Å². The van der Waals surface area contributed by atoms with Gasteiger partial charge in [-0.3, -0.25) is 4.68 Å². The summed E-state index contributed by atoms with van der Waals surface area (Å²) in [4.78, 5) is 0. The Labute approximate surface area is 154 Å². The number of benzene rings is 1. The highest BCUT2D eigenvalue weighted by molar-refractivity contribution is 7.90. The first-order chi connectivity index (χ1) is 12.4. The molecule has 0 saturated carbocycles. The van der Waals surface area contributed by atoms with Gasteiger partial charge in [-0.2, -0.15) is 13.2 Å². The lowest BCUT2D eigenvalue weighted by Gasteiger charge is -2.42. The highest BCUT2D eigenvalue weighted by Crippen LogP contribution is 2.45. The molecule has 1 aromatic carbocycles. The number of primary sulfonamides is 1. The van der Waals surface area contributed by atoms with Crippen molar-refractivity contribution in [2.24, 2.45) is 12.2 Å². The molecule has 1 saturated heterocycles. The molecule has 0 amide bonds. The molecule has 7 nitrogen and oxygen atoms in total. The van der Waals surface area contributed by atoms with E-state index >= 15 is 0 Å². The summed E-state index contributed by atoms with van der Waals surface area (Å²) in [6, 6.07) is 3.44. The molecular weight excluding hydrogens is 383 g/mol. The number of piperidine rings is 1. The van der Waals surface area contributed by atoms with Crippen LogP contribution in [-0.2, 0) is 28.0 Å². The van der Waals surface area contributed by atoms with Gasteiger partial charge < -0.3 is 5.32 Å². The van der Waals surface area contributed by atoms with Crippen molar-refractivity contribution in [1.29, 1.82) is 0 Å². The first kappa shape index (κ1) is 19.8. The zero-order chi connectivity index (χ0) is 20.0. The fourth-order valence-corrected chi connectivity index (χ4v) is 5.02. The Morgan fingerprint density at radius 3 is 2.37 bits per heavy atom. The van der Waals surface area contributed by atoms with Crippen molar-refractivity contribution in [1.82, 2.24) is 20.3 Å². The topological polar surface area (TPSA) is 103 Å². The largest absolute Gasteiger partial charge is 0.416 e. The molecule has 3 rings (SSSR count). The van der Waals surface area contributed by atoms with Crippen LogP contribution in [0.3, 0.4) is 0 Å². The summed E-state index contributed by atoms with van der Waals surface area (Å²) < 4.78 is 63.8. The Morgan fingerprint density at radius 1 is 1.26 bits per heavy atom. The maximum atomic E-state index is 12.9. The molecule has 1 aromatic heterocycles. The fourth-order valence-electron chi connectivity index (χ4n) is 3.68. The maximum Gasteiger partial charge on any atom is 0.416 e. The molecule has 0 spiro atoms. The number of hydrogen-bond donors (Lipinski definition) is 2. The summed E-state index contributed by atoms with van der Waals surface area (Å²) in [5.74, 6) is 0. The van der Waals surface area contributed by atoms with Crippen LogP contribution in [0, 0.1) is 0 Å². The van der Waals surface area contributed by atoms with Crippen molar-refractivity contribution in [3.63, 3.8) is 0 Å². The van der Waals surface area contributed by atoms with Crippen LogP contribution in [0.4, 0.5) is 13.2 Å². The lowest BCUT2D eigenvalue weighted by atomic mass is 9.81. The second-order valence-corrected chi connectivity index (χ2v) is 8.83. The van der Waals surface area contributed by atoms with Crippen LogP contribution >= 0.6 is 0 Å². The van der Waals surface area contributed by atoms with E-state index in [2.05, 4.69) is 15.6 Å². The molecule has 0 radical (unpaired) electrons. The predicted molar refractivity (Wildman–Crippen MR) is 91.8 cm³/mol. The number of hydrogen-bond acceptors (Lipinski definition) is 5. The number of aromatic nitrogens is 3. The first-order valence-electron chi connectivity index (χ1n) is 8.25. The van der Waals surface area contributed by atoms with E-state index in [1.807, 2.05) is 0 Å². The number of aryl methyl sites for hydroxylation is 1. The Balaban J connectivity index is 2.07. The van der Waals surface area contributed by atoms with Gasteiger partial charge in [0, 0.05) is 19.3 Å². The predicted octanol–water partition coefficient (Wildman–Crippen LogP) is 1.83. The molecule has 27 heavy (non-hydrogen) atoms. The van der Waals surface area contributed by atoms with Crippen molar-refractivity contribution < 1.29 is 21.6 Å². The Hall–Kier alpha value is -1.98. The molecule has 0 aliphatic carbocycles. The number of nitrogens with one attached hydrogen (secondary N) is 1. The second kappa shape index (κ2) is 6.57. The quantitative estimate of drug-likeness (QED) is 0.814. The molecule has 3 N–H and O–H groups in total. The third kappa shape index (κ3) is 3.71. The van der Waals surface area contributed by atoms with Crippen molar-refractivity contribution in [2.75, 3.05) is 0 Å². The zero-order valence-corrected chi connectivity index (χ0v) is 15.5. The summed E-state index contributed by atoms with van der Waals surface area (Å²) in [5.41, 5.74) is -0.0625. The van der Waals surface area contributed by atoms with Crippen LogP contribution < -0.4 is 10.5 Å². The minimum atomic E-state index is -4.50. The highest BCUT2D eigenvalue weighted by atomic mass is 32.2. The molecule has 0 bridgehead atoms. The average molecular weight is 403 g/mol. The smallest absolute Gasteiger partial charge is 0.306 e. The van der Waals surface area contributed by atoms with Crippen molar-refractivity contribution in [3.05, 3.63) is 47.3 Å². The maximum absolute atomic E-state index is 12.9. The summed E-state index contributed by atoms with van der Waals surface area (Å²) >= 11 is 0. The van der Waals surface area contributed by atoms with Gasteiger partial charge >= 0.3 is 6.18 Å². The highest BCUT2D eigenvalue weighted by Gasteiger charge is 2.50. The minimum absolute atomic E-state index is 0.0419. The van der Waals surface area contributed by atoms with Crippen LogP contribution in [0.1, 0.15) is 42.6 Å². The van der Waals surface area contributed by atoms with E-state index in [9.17, 15) is 21.6 Å². The molecule has 11 heteroatoms. The van der Waals surface area contributed by atoms with Gasteiger partial charge in [0.2, 0.25) is 10.0 Å². The van der Waals surface area contributed by atoms with E-state index in [-0.39, 0.29) is 24.4 Å². The summed E-state index contributed by atoms with van der Waals surface area (Å²) in [6.07, 6.45) is -2.67. The van der Waals surface area contributed by atoms with Crippen LogP contribution in [0.5, 0.6) is 0 Å². The Morgan fingerprint density at radius 2 is 1.89 bits per heavy atom. The third-order valence-electron chi connectivity index (χ3n) is 4.92. The molecular formula is C16H20F3N5O2S. The summed E-state index contributed by atoms with van der Waals surface area (Å²) in [7, 11) is -2.45.